The first kappa shape index (κ1) is 13.5. The molecule has 2 N–H and O–H groups in total. The molecule has 0 spiro atoms. The van der Waals surface area contributed by atoms with Gasteiger partial charge in [0.2, 0.25) is 0 Å². The minimum atomic E-state index is -0.104. The van der Waals surface area contributed by atoms with E-state index >= 15 is 0 Å². The molecule has 2 aromatic rings. The van der Waals surface area contributed by atoms with Crippen LogP contribution >= 0.6 is 11.6 Å². The highest BCUT2D eigenvalue weighted by Crippen LogP contribution is 2.22. The molecule has 0 bridgehead atoms. The number of anilines is 1. The predicted molar refractivity (Wildman–Crippen MR) is 74.3 cm³/mol. The van der Waals surface area contributed by atoms with Crippen LogP contribution in [-0.4, -0.2) is 20.5 Å². The van der Waals surface area contributed by atoms with Crippen LogP contribution in [0.2, 0.25) is 5.02 Å². The number of nitrogen functional groups attached to an aromatic ring is 1. The molecule has 0 saturated heterocycles. The van der Waals surface area contributed by atoms with Gasteiger partial charge in [-0.1, -0.05) is 18.5 Å². The monoisotopic (exact) mass is 278 g/mol. The Morgan fingerprint density at radius 3 is 2.74 bits per heavy atom. The molecule has 0 saturated carbocycles. The van der Waals surface area contributed by atoms with E-state index in [2.05, 4.69) is 10.1 Å². The van der Waals surface area contributed by atoms with Gasteiger partial charge in [-0.3, -0.25) is 14.5 Å². The minimum Gasteiger partial charge on any atom is -0.397 e. The number of ketones is 1. The first-order chi connectivity index (χ1) is 9.02. The van der Waals surface area contributed by atoms with Crippen LogP contribution in [-0.2, 0) is 19.9 Å². The molecule has 5 nitrogen and oxygen atoms in total. The topological polar surface area (TPSA) is 73.8 Å². The molecule has 0 radical (unpaired) electrons. The number of pyridine rings is 1. The van der Waals surface area contributed by atoms with Gasteiger partial charge in [0.25, 0.3) is 0 Å². The average molecular weight is 279 g/mol. The van der Waals surface area contributed by atoms with Gasteiger partial charge in [-0.25, -0.2) is 0 Å². The maximum Gasteiger partial charge on any atom is 0.187 e. The highest BCUT2D eigenvalue weighted by Gasteiger charge is 2.17. The highest BCUT2D eigenvalue weighted by molar-refractivity contribution is 6.32. The summed E-state index contributed by atoms with van der Waals surface area (Å²) in [6, 6.07) is 3.27. The zero-order chi connectivity index (χ0) is 14.0. The van der Waals surface area contributed by atoms with Gasteiger partial charge in [-0.05, 0) is 18.6 Å². The molecule has 0 atom stereocenters. The Hall–Kier alpha value is -1.88. The van der Waals surface area contributed by atoms with Crippen LogP contribution in [0.1, 0.15) is 28.8 Å². The zero-order valence-corrected chi connectivity index (χ0v) is 11.6. The van der Waals surface area contributed by atoms with Gasteiger partial charge >= 0.3 is 0 Å². The van der Waals surface area contributed by atoms with Crippen molar-refractivity contribution in [2.24, 2.45) is 7.05 Å². The van der Waals surface area contributed by atoms with E-state index in [1.54, 1.807) is 23.9 Å². The second kappa shape index (κ2) is 5.40. The maximum absolute atomic E-state index is 12.1. The van der Waals surface area contributed by atoms with E-state index in [0.717, 1.165) is 12.1 Å². The molecule has 6 heteroatoms. The lowest BCUT2D eigenvalue weighted by molar-refractivity contribution is 0.0986. The lowest BCUT2D eigenvalue weighted by Crippen LogP contribution is -2.10. The second-order valence-electron chi connectivity index (χ2n) is 4.26. The predicted octanol–water partition coefficient (Wildman–Crippen LogP) is 2.04. The second-order valence-corrected chi connectivity index (χ2v) is 4.64. The molecular formula is C13H15ClN4O. The summed E-state index contributed by atoms with van der Waals surface area (Å²) in [5.74, 6) is -0.104. The van der Waals surface area contributed by atoms with Gasteiger partial charge in [0, 0.05) is 7.05 Å². The molecule has 0 aliphatic carbocycles. The molecule has 2 heterocycles. The van der Waals surface area contributed by atoms with Crippen molar-refractivity contribution in [2.45, 2.75) is 19.8 Å². The van der Waals surface area contributed by atoms with Crippen LogP contribution in [0.4, 0.5) is 5.69 Å². The molecule has 0 amide bonds. The van der Waals surface area contributed by atoms with E-state index in [1.165, 1.54) is 6.20 Å². The van der Waals surface area contributed by atoms with E-state index in [-0.39, 0.29) is 12.2 Å². The van der Waals surface area contributed by atoms with Crippen LogP contribution in [0, 0.1) is 0 Å². The highest BCUT2D eigenvalue weighted by atomic mass is 35.5. The Morgan fingerprint density at radius 1 is 1.47 bits per heavy atom. The number of carbonyl (C=O) groups excluding carboxylic acids is 1. The Bertz CT molecular complexity index is 604. The Kier molecular flexibility index (Phi) is 3.85. The number of aromatic nitrogens is 3. The van der Waals surface area contributed by atoms with Gasteiger partial charge in [0.1, 0.15) is 5.69 Å². The first-order valence-electron chi connectivity index (χ1n) is 5.98. The number of halogens is 1. The summed E-state index contributed by atoms with van der Waals surface area (Å²) in [6.45, 7) is 1.97. The van der Waals surface area contributed by atoms with E-state index in [9.17, 15) is 4.79 Å². The number of nitrogens with zero attached hydrogens (tertiary/aromatic N) is 3. The van der Waals surface area contributed by atoms with Crippen molar-refractivity contribution in [3.05, 3.63) is 40.4 Å². The van der Waals surface area contributed by atoms with Gasteiger partial charge in [0.05, 0.1) is 34.7 Å². The van der Waals surface area contributed by atoms with Gasteiger partial charge < -0.3 is 5.73 Å². The Morgan fingerprint density at radius 2 is 2.21 bits per heavy atom. The molecule has 0 unspecified atom stereocenters. The van der Waals surface area contributed by atoms with Crippen LogP contribution in [0.5, 0.6) is 0 Å². The fraction of sp³-hybridized carbons (Fsp3) is 0.308. The molecule has 0 fully saturated rings. The van der Waals surface area contributed by atoms with Crippen LogP contribution in [0.3, 0.4) is 0 Å². The number of hydrogen-bond acceptors (Lipinski definition) is 4. The fourth-order valence-electron chi connectivity index (χ4n) is 1.82. The van der Waals surface area contributed by atoms with Crippen LogP contribution < -0.4 is 5.73 Å². The average Bonchev–Trinajstić information content (AvgIpc) is 2.67. The summed E-state index contributed by atoms with van der Waals surface area (Å²) < 4.78 is 1.65. The summed E-state index contributed by atoms with van der Waals surface area (Å²) in [5.41, 5.74) is 7.96. The molecule has 2 rings (SSSR count). The summed E-state index contributed by atoms with van der Waals surface area (Å²) in [7, 11) is 1.78. The summed E-state index contributed by atoms with van der Waals surface area (Å²) in [4.78, 5) is 16.1. The largest absolute Gasteiger partial charge is 0.397 e. The SMILES string of the molecule is CCc1nn(C)c(CC(=O)c2ccc(N)cn2)c1Cl. The third-order valence-corrected chi connectivity index (χ3v) is 3.34. The molecule has 19 heavy (non-hydrogen) atoms. The van der Waals surface area contributed by atoms with Crippen molar-refractivity contribution >= 4 is 23.1 Å². The molecule has 100 valence electrons. The van der Waals surface area contributed by atoms with Crippen LogP contribution in [0.15, 0.2) is 18.3 Å². The normalized spacial score (nSPS) is 10.7. The third-order valence-electron chi connectivity index (χ3n) is 2.90. The number of Topliss-reactive ketones (excluding diaryl/α,β-unsaturated/α-hetero) is 1. The van der Waals surface area contributed by atoms with Gasteiger partial charge in [0.15, 0.2) is 5.78 Å². The van der Waals surface area contributed by atoms with Gasteiger partial charge in [-0.15, -0.1) is 0 Å². The standard InChI is InChI=1S/C13H15ClN4O/c1-3-9-13(14)11(18(2)17-9)6-12(19)10-5-4-8(15)7-16-10/h4-5,7H,3,6,15H2,1-2H3. The molecule has 0 aliphatic heterocycles. The number of hydrogen-bond donors (Lipinski definition) is 1. The van der Waals surface area contributed by atoms with Crippen molar-refractivity contribution in [2.75, 3.05) is 5.73 Å². The smallest absolute Gasteiger partial charge is 0.187 e. The zero-order valence-electron chi connectivity index (χ0n) is 10.9. The molecule has 2 aromatic heterocycles. The lowest BCUT2D eigenvalue weighted by atomic mass is 10.1. The summed E-state index contributed by atoms with van der Waals surface area (Å²) in [5, 5.41) is 4.85. The minimum absolute atomic E-state index is 0.104. The number of nitrogens with two attached hydrogens (primary N) is 1. The van der Waals surface area contributed by atoms with Crippen LogP contribution in [0.25, 0.3) is 0 Å². The van der Waals surface area contributed by atoms with E-state index in [4.69, 9.17) is 17.3 Å². The van der Waals surface area contributed by atoms with Crippen molar-refractivity contribution in [3.8, 4) is 0 Å². The molecular weight excluding hydrogens is 264 g/mol. The van der Waals surface area contributed by atoms with Crippen molar-refractivity contribution in [3.63, 3.8) is 0 Å². The van der Waals surface area contributed by atoms with Crippen molar-refractivity contribution < 1.29 is 4.79 Å². The summed E-state index contributed by atoms with van der Waals surface area (Å²) in [6.07, 6.45) is 2.38. The Balaban J connectivity index is 2.24. The van der Waals surface area contributed by atoms with E-state index < -0.39 is 0 Å². The lowest BCUT2D eigenvalue weighted by Gasteiger charge is -2.02. The van der Waals surface area contributed by atoms with E-state index in [1.807, 2.05) is 6.92 Å². The first-order valence-corrected chi connectivity index (χ1v) is 6.35. The number of aryl methyl sites for hydroxylation is 2. The molecule has 0 aromatic carbocycles. The quantitative estimate of drug-likeness (QED) is 0.869. The maximum atomic E-state index is 12.1. The Labute approximate surface area is 116 Å². The number of carbonyl (C=O) groups is 1. The third kappa shape index (κ3) is 2.76. The van der Waals surface area contributed by atoms with Gasteiger partial charge in [-0.2, -0.15) is 5.10 Å². The van der Waals surface area contributed by atoms with Crippen molar-refractivity contribution in [1.29, 1.82) is 0 Å². The molecule has 0 aliphatic rings. The summed E-state index contributed by atoms with van der Waals surface area (Å²) >= 11 is 6.21. The van der Waals surface area contributed by atoms with E-state index in [0.29, 0.717) is 22.1 Å². The van der Waals surface area contributed by atoms with Crippen molar-refractivity contribution in [1.82, 2.24) is 14.8 Å². The fourth-order valence-corrected chi connectivity index (χ4v) is 2.19. The number of rotatable bonds is 4.